The highest BCUT2D eigenvalue weighted by atomic mass is 16.1. The molecule has 2 N–H and O–H groups in total. The van der Waals surface area contributed by atoms with E-state index < -0.39 is 0 Å². The van der Waals surface area contributed by atoms with Crippen molar-refractivity contribution >= 4 is 5.91 Å². The second kappa shape index (κ2) is 16.6. The van der Waals surface area contributed by atoms with Crippen molar-refractivity contribution in [2.75, 3.05) is 19.6 Å². The van der Waals surface area contributed by atoms with E-state index in [9.17, 15) is 4.79 Å². The Labute approximate surface area is 101 Å². The summed E-state index contributed by atoms with van der Waals surface area (Å²) in [5, 5.41) is 5.93. The van der Waals surface area contributed by atoms with E-state index in [0.29, 0.717) is 6.54 Å². The highest BCUT2D eigenvalue weighted by Crippen LogP contribution is 1.85. The molecule has 0 bridgehead atoms. The summed E-state index contributed by atoms with van der Waals surface area (Å²) in [6, 6.07) is 0. The number of rotatable bonds is 8. The van der Waals surface area contributed by atoms with Crippen LogP contribution in [-0.4, -0.2) is 25.5 Å². The minimum absolute atomic E-state index is 0.109. The van der Waals surface area contributed by atoms with Gasteiger partial charge in [0.05, 0.1) is 0 Å². The number of likely N-dealkylation sites (N-methyl/N-ethyl adjacent to an activating group) is 1. The van der Waals surface area contributed by atoms with Gasteiger partial charge in [-0.1, -0.05) is 33.3 Å². The summed E-state index contributed by atoms with van der Waals surface area (Å²) in [6.07, 6.45) is 6.51. The van der Waals surface area contributed by atoms with Gasteiger partial charge in [0, 0.05) is 6.54 Å². The molecule has 0 aromatic carbocycles. The highest BCUT2D eigenvalue weighted by molar-refractivity contribution is 5.86. The summed E-state index contributed by atoms with van der Waals surface area (Å²) in [7, 11) is 0. The Morgan fingerprint density at radius 2 is 1.62 bits per heavy atom. The predicted octanol–water partition coefficient (Wildman–Crippen LogP) is 2.48. The highest BCUT2D eigenvalue weighted by Gasteiger charge is 1.84. The molecule has 3 heteroatoms. The molecule has 3 nitrogen and oxygen atoms in total. The molecule has 0 radical (unpaired) electrons. The summed E-state index contributed by atoms with van der Waals surface area (Å²) >= 11 is 0. The lowest BCUT2D eigenvalue weighted by atomic mass is 10.3. The number of carbonyl (C=O) groups excluding carboxylic acids is 1. The first kappa shape index (κ1) is 17.6. The van der Waals surface area contributed by atoms with Gasteiger partial charge < -0.3 is 10.6 Å². The number of hydrogen-bond donors (Lipinski definition) is 2. The van der Waals surface area contributed by atoms with Crippen LogP contribution >= 0.6 is 0 Å². The molecule has 0 saturated heterocycles. The topological polar surface area (TPSA) is 41.1 Å². The van der Waals surface area contributed by atoms with Crippen LogP contribution in [0.5, 0.6) is 0 Å². The zero-order valence-electron chi connectivity index (χ0n) is 11.1. The van der Waals surface area contributed by atoms with Crippen LogP contribution in [0.25, 0.3) is 0 Å². The van der Waals surface area contributed by atoms with Crippen LogP contribution in [0.3, 0.4) is 0 Å². The minimum atomic E-state index is -0.109. The Bertz CT molecular complexity index is 152. The van der Waals surface area contributed by atoms with Crippen molar-refractivity contribution < 1.29 is 4.79 Å². The van der Waals surface area contributed by atoms with Crippen molar-refractivity contribution in [1.29, 1.82) is 0 Å². The maximum atomic E-state index is 10.2. The van der Waals surface area contributed by atoms with Crippen molar-refractivity contribution in [2.45, 2.75) is 46.5 Å². The van der Waals surface area contributed by atoms with E-state index in [2.05, 4.69) is 31.1 Å². The van der Waals surface area contributed by atoms with E-state index in [-0.39, 0.29) is 5.91 Å². The molecule has 0 unspecified atom stereocenters. The van der Waals surface area contributed by atoms with Gasteiger partial charge in [-0.25, -0.2) is 0 Å². The lowest BCUT2D eigenvalue weighted by Gasteiger charge is -1.99. The first-order valence-electron chi connectivity index (χ1n) is 6.33. The van der Waals surface area contributed by atoms with Gasteiger partial charge in [-0.2, -0.15) is 0 Å². The number of nitrogens with one attached hydrogen (secondary N) is 2. The Morgan fingerprint density at radius 1 is 1.12 bits per heavy atom. The number of carbonyl (C=O) groups is 1. The molecule has 0 aromatic rings. The molecule has 16 heavy (non-hydrogen) atoms. The molecular weight excluding hydrogens is 200 g/mol. The molecule has 0 aromatic heterocycles. The van der Waals surface area contributed by atoms with Crippen molar-refractivity contribution in [3.05, 3.63) is 12.7 Å². The zero-order valence-corrected chi connectivity index (χ0v) is 11.1. The fourth-order valence-electron chi connectivity index (χ4n) is 0.975. The summed E-state index contributed by atoms with van der Waals surface area (Å²) in [6.45, 7) is 12.7. The fraction of sp³-hybridized carbons (Fsp3) is 0.769. The quantitative estimate of drug-likeness (QED) is 0.495. The van der Waals surface area contributed by atoms with Crippen LogP contribution in [0.4, 0.5) is 0 Å². The van der Waals surface area contributed by atoms with E-state index in [4.69, 9.17) is 0 Å². The van der Waals surface area contributed by atoms with Gasteiger partial charge in [0.25, 0.3) is 0 Å². The number of unbranched alkanes of at least 4 members (excludes halogenated alkanes) is 2. The molecular formula is C13H28N2O. The third-order valence-corrected chi connectivity index (χ3v) is 1.95. The lowest BCUT2D eigenvalue weighted by molar-refractivity contribution is -0.116. The van der Waals surface area contributed by atoms with E-state index in [1.54, 1.807) is 0 Å². The maximum absolute atomic E-state index is 10.2. The van der Waals surface area contributed by atoms with E-state index >= 15 is 0 Å². The summed E-state index contributed by atoms with van der Waals surface area (Å²) in [5.74, 6) is -0.109. The van der Waals surface area contributed by atoms with Crippen LogP contribution in [0.15, 0.2) is 12.7 Å². The van der Waals surface area contributed by atoms with Gasteiger partial charge in [-0.15, -0.1) is 0 Å². The minimum Gasteiger partial charge on any atom is -0.353 e. The number of hydrogen-bond acceptors (Lipinski definition) is 2. The van der Waals surface area contributed by atoms with Gasteiger partial charge in [0.2, 0.25) is 5.91 Å². The smallest absolute Gasteiger partial charge is 0.243 e. The summed E-state index contributed by atoms with van der Waals surface area (Å²) in [4.78, 5) is 10.2. The summed E-state index contributed by atoms with van der Waals surface area (Å²) < 4.78 is 0. The SMILES string of the molecule is C=CC(=O)NCC.CCCCNCCCC. The Hall–Kier alpha value is -0.830. The first-order chi connectivity index (χ1) is 7.72. The van der Waals surface area contributed by atoms with Crippen LogP contribution in [0, 0.1) is 0 Å². The van der Waals surface area contributed by atoms with Gasteiger partial charge in [-0.3, -0.25) is 4.79 Å². The van der Waals surface area contributed by atoms with E-state index in [0.717, 1.165) is 0 Å². The molecule has 0 saturated carbocycles. The Kier molecular flexibility index (Phi) is 18.2. The second-order valence-electron chi connectivity index (χ2n) is 3.56. The molecule has 0 aliphatic carbocycles. The zero-order chi connectivity index (χ0) is 12.6. The van der Waals surface area contributed by atoms with Gasteiger partial charge in [0.15, 0.2) is 0 Å². The van der Waals surface area contributed by atoms with E-state index in [1.165, 1.54) is 44.8 Å². The van der Waals surface area contributed by atoms with Crippen LogP contribution in [0.2, 0.25) is 0 Å². The lowest BCUT2D eigenvalue weighted by Crippen LogP contribution is -2.19. The van der Waals surface area contributed by atoms with Crippen LogP contribution < -0.4 is 10.6 Å². The van der Waals surface area contributed by atoms with Crippen LogP contribution in [-0.2, 0) is 4.79 Å². The number of amides is 1. The average molecular weight is 228 g/mol. The molecule has 1 amide bonds. The molecule has 0 aliphatic rings. The standard InChI is InChI=1S/C8H19N.C5H9NO/c1-3-5-7-9-8-6-4-2;1-3-5(7)6-4-2/h9H,3-8H2,1-2H3;3H,1,4H2,2H3,(H,6,7). The molecule has 0 aliphatic heterocycles. The molecule has 96 valence electrons. The van der Waals surface area contributed by atoms with Crippen molar-refractivity contribution in [1.82, 2.24) is 10.6 Å². The maximum Gasteiger partial charge on any atom is 0.243 e. The predicted molar refractivity (Wildman–Crippen MR) is 71.6 cm³/mol. The van der Waals surface area contributed by atoms with E-state index in [1.807, 2.05) is 6.92 Å². The molecule has 0 atom stereocenters. The fourth-order valence-corrected chi connectivity index (χ4v) is 0.975. The third kappa shape index (κ3) is 18.9. The monoisotopic (exact) mass is 228 g/mol. The molecule has 0 fully saturated rings. The van der Waals surface area contributed by atoms with Gasteiger partial charge >= 0.3 is 0 Å². The second-order valence-corrected chi connectivity index (χ2v) is 3.56. The Balaban J connectivity index is 0. The first-order valence-corrected chi connectivity index (χ1v) is 6.33. The Morgan fingerprint density at radius 3 is 1.88 bits per heavy atom. The molecule has 0 heterocycles. The normalized spacial score (nSPS) is 8.94. The third-order valence-electron chi connectivity index (χ3n) is 1.95. The average Bonchev–Trinajstić information content (AvgIpc) is 2.30. The van der Waals surface area contributed by atoms with Gasteiger partial charge in [-0.05, 0) is 38.9 Å². The summed E-state index contributed by atoms with van der Waals surface area (Å²) in [5.41, 5.74) is 0. The molecule has 0 spiro atoms. The molecule has 0 rings (SSSR count). The van der Waals surface area contributed by atoms with Crippen LogP contribution in [0.1, 0.15) is 46.5 Å². The largest absolute Gasteiger partial charge is 0.353 e. The van der Waals surface area contributed by atoms with Crippen molar-refractivity contribution in [3.8, 4) is 0 Å². The van der Waals surface area contributed by atoms with Gasteiger partial charge in [0.1, 0.15) is 0 Å². The van der Waals surface area contributed by atoms with Crippen molar-refractivity contribution in [2.24, 2.45) is 0 Å². The van der Waals surface area contributed by atoms with Crippen molar-refractivity contribution in [3.63, 3.8) is 0 Å².